The zero-order chi connectivity index (χ0) is 13.5. The highest BCUT2D eigenvalue weighted by molar-refractivity contribution is 5.94. The van der Waals surface area contributed by atoms with Crippen molar-refractivity contribution in [1.29, 1.82) is 0 Å². The summed E-state index contributed by atoms with van der Waals surface area (Å²) in [4.78, 5) is 32.8. The molecule has 0 bridgehead atoms. The van der Waals surface area contributed by atoms with E-state index in [0.717, 1.165) is 6.42 Å². The number of carboxylic acids is 1. The van der Waals surface area contributed by atoms with Crippen molar-refractivity contribution >= 4 is 17.9 Å². The molecular weight excluding hydrogens is 224 g/mol. The van der Waals surface area contributed by atoms with Gasteiger partial charge in [-0.15, -0.1) is 0 Å². The van der Waals surface area contributed by atoms with E-state index in [1.54, 1.807) is 0 Å². The molecule has 17 heavy (non-hydrogen) atoms. The van der Waals surface area contributed by atoms with E-state index in [-0.39, 0.29) is 24.8 Å². The van der Waals surface area contributed by atoms with Gasteiger partial charge in [-0.25, -0.2) is 4.79 Å². The molecule has 0 aromatic heterocycles. The maximum absolute atomic E-state index is 11.4. The number of hydrogen-bond acceptors (Lipinski definition) is 3. The molecule has 0 aromatic carbocycles. The van der Waals surface area contributed by atoms with Crippen LogP contribution < -0.4 is 10.6 Å². The minimum Gasteiger partial charge on any atom is -0.481 e. The average molecular weight is 244 g/mol. The fourth-order valence-corrected chi connectivity index (χ4v) is 1.02. The Morgan fingerprint density at radius 2 is 1.76 bits per heavy atom. The molecule has 0 saturated heterocycles. The average Bonchev–Trinajstić information content (AvgIpc) is 2.15. The van der Waals surface area contributed by atoms with E-state index in [4.69, 9.17) is 5.11 Å². The van der Waals surface area contributed by atoms with Crippen molar-refractivity contribution in [2.24, 2.45) is 0 Å². The van der Waals surface area contributed by atoms with Crippen molar-refractivity contribution < 1.29 is 19.5 Å². The predicted molar refractivity (Wildman–Crippen MR) is 62.5 cm³/mol. The summed E-state index contributed by atoms with van der Waals surface area (Å²) >= 11 is 0. The molecule has 0 fully saturated rings. The van der Waals surface area contributed by atoms with Gasteiger partial charge in [0.1, 0.15) is 0 Å². The number of nitrogens with one attached hydrogen (secondary N) is 2. The summed E-state index contributed by atoms with van der Waals surface area (Å²) in [5.74, 6) is -1.41. The standard InChI is InChI=1S/C11H20N2O4/c1-4-11(2,3)13-10(17)12-8(14)6-5-7-9(15)16/h4-7H2,1-3H3,(H,15,16)(H2,12,13,14,17). The van der Waals surface area contributed by atoms with Gasteiger partial charge in [-0.05, 0) is 26.7 Å². The number of rotatable bonds is 6. The van der Waals surface area contributed by atoms with Gasteiger partial charge in [0, 0.05) is 18.4 Å². The number of carbonyl (C=O) groups is 3. The fourth-order valence-electron chi connectivity index (χ4n) is 1.02. The van der Waals surface area contributed by atoms with E-state index in [0.29, 0.717) is 0 Å². The molecule has 0 rings (SSSR count). The van der Waals surface area contributed by atoms with Crippen LogP contribution in [-0.4, -0.2) is 28.6 Å². The second-order valence-electron chi connectivity index (χ2n) is 4.49. The van der Waals surface area contributed by atoms with Crippen LogP contribution in [0.1, 0.15) is 46.5 Å². The Bertz CT molecular complexity index is 300. The number of carbonyl (C=O) groups excluding carboxylic acids is 2. The van der Waals surface area contributed by atoms with E-state index in [1.165, 1.54) is 0 Å². The zero-order valence-corrected chi connectivity index (χ0v) is 10.5. The van der Waals surface area contributed by atoms with E-state index < -0.39 is 17.9 Å². The maximum Gasteiger partial charge on any atom is 0.321 e. The summed E-state index contributed by atoms with van der Waals surface area (Å²) < 4.78 is 0. The molecule has 0 heterocycles. The quantitative estimate of drug-likeness (QED) is 0.655. The summed E-state index contributed by atoms with van der Waals surface area (Å²) in [6.07, 6.45) is 0.932. The molecule has 0 unspecified atom stereocenters. The van der Waals surface area contributed by atoms with Crippen LogP contribution in [0.15, 0.2) is 0 Å². The number of urea groups is 1. The molecule has 98 valence electrons. The maximum atomic E-state index is 11.4. The van der Waals surface area contributed by atoms with Gasteiger partial charge >= 0.3 is 12.0 Å². The molecule has 6 heteroatoms. The van der Waals surface area contributed by atoms with Crippen LogP contribution in [-0.2, 0) is 9.59 Å². The van der Waals surface area contributed by atoms with Gasteiger partial charge in [-0.3, -0.25) is 14.9 Å². The number of hydrogen-bond donors (Lipinski definition) is 3. The first-order valence-corrected chi connectivity index (χ1v) is 5.60. The van der Waals surface area contributed by atoms with Gasteiger partial charge in [0.2, 0.25) is 5.91 Å². The first-order valence-electron chi connectivity index (χ1n) is 5.60. The third kappa shape index (κ3) is 8.24. The van der Waals surface area contributed by atoms with Crippen molar-refractivity contribution in [1.82, 2.24) is 10.6 Å². The van der Waals surface area contributed by atoms with Gasteiger partial charge in [0.05, 0.1) is 0 Å². The Balaban J connectivity index is 3.89. The molecule has 0 spiro atoms. The molecule has 0 aromatic rings. The summed E-state index contributed by atoms with van der Waals surface area (Å²) in [6, 6.07) is -0.544. The predicted octanol–water partition coefficient (Wildman–Crippen LogP) is 1.26. The SMILES string of the molecule is CCC(C)(C)NC(=O)NC(=O)CCCC(=O)O. The van der Waals surface area contributed by atoms with Crippen LogP contribution in [0.5, 0.6) is 0 Å². The Hall–Kier alpha value is -1.59. The summed E-state index contributed by atoms with van der Waals surface area (Å²) in [5, 5.41) is 13.2. The van der Waals surface area contributed by atoms with E-state index in [9.17, 15) is 14.4 Å². The van der Waals surface area contributed by atoms with Gasteiger partial charge in [0.15, 0.2) is 0 Å². The van der Waals surface area contributed by atoms with Gasteiger partial charge in [0.25, 0.3) is 0 Å². The third-order valence-electron chi connectivity index (χ3n) is 2.38. The molecule has 3 N–H and O–H groups in total. The molecule has 0 atom stereocenters. The monoisotopic (exact) mass is 244 g/mol. The summed E-state index contributed by atoms with van der Waals surface area (Å²) in [7, 11) is 0. The van der Waals surface area contributed by atoms with Crippen LogP contribution in [0.25, 0.3) is 0 Å². The lowest BCUT2D eigenvalue weighted by molar-refractivity contribution is -0.137. The number of carboxylic acid groups (broad SMARTS) is 1. The Morgan fingerprint density at radius 3 is 2.24 bits per heavy atom. The molecule has 0 saturated carbocycles. The Kier molecular flexibility index (Phi) is 6.23. The zero-order valence-electron chi connectivity index (χ0n) is 10.5. The van der Waals surface area contributed by atoms with Crippen molar-refractivity contribution in [2.75, 3.05) is 0 Å². The molecule has 6 nitrogen and oxygen atoms in total. The Morgan fingerprint density at radius 1 is 1.18 bits per heavy atom. The highest BCUT2D eigenvalue weighted by Gasteiger charge is 2.18. The molecule has 0 aliphatic carbocycles. The van der Waals surface area contributed by atoms with Gasteiger partial charge in [-0.1, -0.05) is 6.92 Å². The molecule has 3 amide bonds. The van der Waals surface area contributed by atoms with Crippen LogP contribution in [0.3, 0.4) is 0 Å². The summed E-state index contributed by atoms with van der Waals surface area (Å²) in [6.45, 7) is 5.62. The molecule has 0 aliphatic rings. The smallest absolute Gasteiger partial charge is 0.321 e. The Labute approximate surface area is 101 Å². The highest BCUT2D eigenvalue weighted by Crippen LogP contribution is 2.06. The topological polar surface area (TPSA) is 95.5 Å². The van der Waals surface area contributed by atoms with E-state index in [2.05, 4.69) is 10.6 Å². The van der Waals surface area contributed by atoms with Crippen LogP contribution in [0.4, 0.5) is 4.79 Å². The largest absolute Gasteiger partial charge is 0.481 e. The first kappa shape index (κ1) is 15.4. The number of aliphatic carboxylic acids is 1. The van der Waals surface area contributed by atoms with Crippen molar-refractivity contribution in [2.45, 2.75) is 52.0 Å². The van der Waals surface area contributed by atoms with Crippen molar-refractivity contribution in [3.05, 3.63) is 0 Å². The lowest BCUT2D eigenvalue weighted by atomic mass is 10.0. The van der Waals surface area contributed by atoms with Crippen LogP contribution in [0.2, 0.25) is 0 Å². The molecule has 0 radical (unpaired) electrons. The highest BCUT2D eigenvalue weighted by atomic mass is 16.4. The minimum absolute atomic E-state index is 0.0340. The van der Waals surface area contributed by atoms with Crippen LogP contribution >= 0.6 is 0 Å². The van der Waals surface area contributed by atoms with Gasteiger partial charge < -0.3 is 10.4 Å². The normalized spacial score (nSPS) is 10.8. The van der Waals surface area contributed by atoms with E-state index >= 15 is 0 Å². The lowest BCUT2D eigenvalue weighted by Gasteiger charge is -2.24. The van der Waals surface area contributed by atoms with E-state index in [1.807, 2.05) is 20.8 Å². The van der Waals surface area contributed by atoms with Crippen molar-refractivity contribution in [3.63, 3.8) is 0 Å². The minimum atomic E-state index is -0.950. The molecule has 0 aliphatic heterocycles. The lowest BCUT2D eigenvalue weighted by Crippen LogP contribution is -2.49. The summed E-state index contributed by atoms with van der Waals surface area (Å²) in [5.41, 5.74) is -0.370. The van der Waals surface area contributed by atoms with Gasteiger partial charge in [-0.2, -0.15) is 0 Å². The first-order chi connectivity index (χ1) is 7.76. The second-order valence-corrected chi connectivity index (χ2v) is 4.49. The van der Waals surface area contributed by atoms with Crippen molar-refractivity contribution in [3.8, 4) is 0 Å². The van der Waals surface area contributed by atoms with Crippen LogP contribution in [0, 0.1) is 0 Å². The number of amides is 3. The molecular formula is C11H20N2O4. The number of imide groups is 1. The second kappa shape index (κ2) is 6.88. The fraction of sp³-hybridized carbons (Fsp3) is 0.727. The third-order valence-corrected chi connectivity index (χ3v) is 2.38.